The van der Waals surface area contributed by atoms with Gasteiger partial charge in [-0.05, 0) is 56.3 Å². The van der Waals surface area contributed by atoms with E-state index in [1.54, 1.807) is 49.6 Å². The quantitative estimate of drug-likeness (QED) is 0.553. The number of nitrogens with zero attached hydrogens (tertiary/aromatic N) is 2. The van der Waals surface area contributed by atoms with Gasteiger partial charge in [0.25, 0.3) is 0 Å². The molecule has 0 unspecified atom stereocenters. The highest BCUT2D eigenvalue weighted by atomic mass is 16.5. The summed E-state index contributed by atoms with van der Waals surface area (Å²) in [5.74, 6) is 1.18. The zero-order valence-electron chi connectivity index (χ0n) is 14.8. The summed E-state index contributed by atoms with van der Waals surface area (Å²) < 4.78 is 10.5. The molecule has 0 aliphatic carbocycles. The molecule has 0 atom stereocenters. The molecule has 132 valence electrons. The highest BCUT2D eigenvalue weighted by Gasteiger charge is 2.09. The molecule has 3 aromatic rings. The van der Waals surface area contributed by atoms with Gasteiger partial charge in [0.2, 0.25) is 5.95 Å². The average molecular weight is 349 g/mol. The summed E-state index contributed by atoms with van der Waals surface area (Å²) in [4.78, 5) is 20.9. The molecule has 1 N–H and O–H groups in total. The Labute approximate surface area is 151 Å². The van der Waals surface area contributed by atoms with Crippen LogP contribution in [0.25, 0.3) is 0 Å². The van der Waals surface area contributed by atoms with E-state index in [4.69, 9.17) is 9.47 Å². The fourth-order valence-electron chi connectivity index (χ4n) is 2.44. The molecule has 0 radical (unpaired) electrons. The Hall–Kier alpha value is -3.41. The van der Waals surface area contributed by atoms with E-state index in [2.05, 4.69) is 15.3 Å². The number of aromatic nitrogens is 2. The molecule has 3 rings (SSSR count). The van der Waals surface area contributed by atoms with Gasteiger partial charge in [-0.3, -0.25) is 0 Å². The molecule has 2 aromatic carbocycles. The first kappa shape index (κ1) is 17.4. The van der Waals surface area contributed by atoms with Crippen molar-refractivity contribution < 1.29 is 14.3 Å². The van der Waals surface area contributed by atoms with Gasteiger partial charge in [0, 0.05) is 23.1 Å². The van der Waals surface area contributed by atoms with Gasteiger partial charge < -0.3 is 14.8 Å². The molecule has 0 saturated heterocycles. The van der Waals surface area contributed by atoms with Crippen molar-refractivity contribution in [1.82, 2.24) is 9.97 Å². The minimum absolute atomic E-state index is 0.431. The van der Waals surface area contributed by atoms with Crippen molar-refractivity contribution in [1.29, 1.82) is 0 Å². The summed E-state index contributed by atoms with van der Waals surface area (Å²) in [6.45, 7) is 3.82. The molecule has 0 saturated carbocycles. The SMILES string of the molecule is COc1ccc(C(=O)Oc2cccc(Nc3nc(C)cc(C)n3)c2)cc1. The number of nitrogens with one attached hydrogen (secondary N) is 1. The summed E-state index contributed by atoms with van der Waals surface area (Å²) in [5.41, 5.74) is 2.93. The van der Waals surface area contributed by atoms with E-state index in [-0.39, 0.29) is 0 Å². The van der Waals surface area contributed by atoms with Crippen LogP contribution in [0.15, 0.2) is 54.6 Å². The predicted molar refractivity (Wildman–Crippen MR) is 99.2 cm³/mol. The second-order valence-corrected chi connectivity index (χ2v) is 5.75. The van der Waals surface area contributed by atoms with E-state index in [0.29, 0.717) is 23.0 Å². The van der Waals surface area contributed by atoms with Crippen molar-refractivity contribution in [2.75, 3.05) is 12.4 Å². The van der Waals surface area contributed by atoms with E-state index < -0.39 is 5.97 Å². The van der Waals surface area contributed by atoms with Gasteiger partial charge in [0.1, 0.15) is 11.5 Å². The molecule has 6 nitrogen and oxygen atoms in total. The second-order valence-electron chi connectivity index (χ2n) is 5.75. The maximum Gasteiger partial charge on any atom is 0.343 e. The predicted octanol–water partition coefficient (Wildman–Crippen LogP) is 4.06. The number of carbonyl (C=O) groups is 1. The summed E-state index contributed by atoms with van der Waals surface area (Å²) in [7, 11) is 1.57. The Morgan fingerprint density at radius 1 is 0.923 bits per heavy atom. The van der Waals surface area contributed by atoms with E-state index in [1.807, 2.05) is 26.0 Å². The first-order chi connectivity index (χ1) is 12.5. The molecule has 0 aliphatic heterocycles. The summed E-state index contributed by atoms with van der Waals surface area (Å²) >= 11 is 0. The minimum Gasteiger partial charge on any atom is -0.497 e. The molecule has 6 heteroatoms. The molecule has 0 amide bonds. The van der Waals surface area contributed by atoms with Crippen LogP contribution in [0.2, 0.25) is 0 Å². The number of methoxy groups -OCH3 is 1. The van der Waals surface area contributed by atoms with Gasteiger partial charge in [-0.25, -0.2) is 14.8 Å². The van der Waals surface area contributed by atoms with E-state index in [0.717, 1.165) is 17.1 Å². The second kappa shape index (κ2) is 7.65. The highest BCUT2D eigenvalue weighted by Crippen LogP contribution is 2.21. The van der Waals surface area contributed by atoms with Crippen LogP contribution in [-0.4, -0.2) is 23.0 Å². The molecular weight excluding hydrogens is 330 g/mol. The average Bonchev–Trinajstić information content (AvgIpc) is 2.61. The zero-order chi connectivity index (χ0) is 18.5. The number of ether oxygens (including phenoxy) is 2. The van der Waals surface area contributed by atoms with Crippen molar-refractivity contribution in [3.8, 4) is 11.5 Å². The number of aryl methyl sites for hydroxylation is 2. The highest BCUT2D eigenvalue weighted by molar-refractivity contribution is 5.91. The number of hydrogen-bond donors (Lipinski definition) is 1. The van der Waals surface area contributed by atoms with Crippen LogP contribution in [0.1, 0.15) is 21.7 Å². The van der Waals surface area contributed by atoms with Crippen LogP contribution in [0.5, 0.6) is 11.5 Å². The number of esters is 1. The van der Waals surface area contributed by atoms with Gasteiger partial charge in [-0.15, -0.1) is 0 Å². The van der Waals surface area contributed by atoms with Crippen molar-refractivity contribution in [3.05, 3.63) is 71.5 Å². The standard InChI is InChI=1S/C20H19N3O3/c1-13-11-14(2)22-20(21-13)23-16-5-4-6-18(12-16)26-19(24)15-7-9-17(25-3)10-8-15/h4-12H,1-3H3,(H,21,22,23). The number of benzene rings is 2. The monoisotopic (exact) mass is 349 g/mol. The fourth-order valence-corrected chi connectivity index (χ4v) is 2.44. The largest absolute Gasteiger partial charge is 0.497 e. The molecular formula is C20H19N3O3. The number of anilines is 2. The van der Waals surface area contributed by atoms with Gasteiger partial charge in [0.15, 0.2) is 0 Å². The maximum atomic E-state index is 12.3. The minimum atomic E-state index is -0.438. The maximum absolute atomic E-state index is 12.3. The molecule has 0 fully saturated rings. The third kappa shape index (κ3) is 4.36. The van der Waals surface area contributed by atoms with Crippen molar-refractivity contribution >= 4 is 17.6 Å². The lowest BCUT2D eigenvalue weighted by atomic mass is 10.2. The zero-order valence-corrected chi connectivity index (χ0v) is 14.8. The Balaban J connectivity index is 1.73. The normalized spacial score (nSPS) is 10.3. The van der Waals surface area contributed by atoms with Gasteiger partial charge in [-0.2, -0.15) is 0 Å². The summed E-state index contributed by atoms with van der Waals surface area (Å²) in [6, 6.07) is 15.7. The summed E-state index contributed by atoms with van der Waals surface area (Å²) in [6.07, 6.45) is 0. The van der Waals surface area contributed by atoms with Crippen molar-refractivity contribution in [2.45, 2.75) is 13.8 Å². The third-order valence-electron chi connectivity index (χ3n) is 3.61. The molecule has 26 heavy (non-hydrogen) atoms. The topological polar surface area (TPSA) is 73.3 Å². The van der Waals surface area contributed by atoms with E-state index in [9.17, 15) is 4.79 Å². The van der Waals surface area contributed by atoms with Gasteiger partial charge >= 0.3 is 5.97 Å². The number of rotatable bonds is 5. The Bertz CT molecular complexity index is 904. The van der Waals surface area contributed by atoms with Crippen molar-refractivity contribution in [2.24, 2.45) is 0 Å². The molecule has 0 aliphatic rings. The molecule has 0 bridgehead atoms. The number of hydrogen-bond acceptors (Lipinski definition) is 6. The third-order valence-corrected chi connectivity index (χ3v) is 3.61. The first-order valence-corrected chi connectivity index (χ1v) is 8.09. The lowest BCUT2D eigenvalue weighted by molar-refractivity contribution is 0.0735. The Morgan fingerprint density at radius 2 is 1.62 bits per heavy atom. The van der Waals surface area contributed by atoms with E-state index >= 15 is 0 Å². The van der Waals surface area contributed by atoms with Crippen molar-refractivity contribution in [3.63, 3.8) is 0 Å². The Kier molecular flexibility index (Phi) is 5.12. The molecule has 1 heterocycles. The van der Waals surface area contributed by atoms with Crippen LogP contribution < -0.4 is 14.8 Å². The van der Waals surface area contributed by atoms with Crippen LogP contribution in [0.4, 0.5) is 11.6 Å². The smallest absolute Gasteiger partial charge is 0.343 e. The summed E-state index contributed by atoms with van der Waals surface area (Å²) in [5, 5.41) is 3.12. The van der Waals surface area contributed by atoms with Gasteiger partial charge in [0.05, 0.1) is 12.7 Å². The lowest BCUT2D eigenvalue weighted by Gasteiger charge is -2.09. The van der Waals surface area contributed by atoms with Crippen LogP contribution in [0, 0.1) is 13.8 Å². The Morgan fingerprint density at radius 3 is 2.27 bits per heavy atom. The number of carbonyl (C=O) groups excluding carboxylic acids is 1. The first-order valence-electron chi connectivity index (χ1n) is 8.09. The van der Waals surface area contributed by atoms with Crippen LogP contribution in [-0.2, 0) is 0 Å². The van der Waals surface area contributed by atoms with Crippen LogP contribution >= 0.6 is 0 Å². The molecule has 1 aromatic heterocycles. The van der Waals surface area contributed by atoms with E-state index in [1.165, 1.54) is 0 Å². The molecule has 0 spiro atoms. The van der Waals surface area contributed by atoms with Crippen LogP contribution in [0.3, 0.4) is 0 Å². The van der Waals surface area contributed by atoms with Gasteiger partial charge in [-0.1, -0.05) is 6.07 Å². The fraction of sp³-hybridized carbons (Fsp3) is 0.150. The lowest BCUT2D eigenvalue weighted by Crippen LogP contribution is -2.08.